The van der Waals surface area contributed by atoms with Crippen molar-refractivity contribution in [2.75, 3.05) is 44.0 Å². The molecule has 0 unspecified atom stereocenters. The summed E-state index contributed by atoms with van der Waals surface area (Å²) in [7, 11) is -7.94. The van der Waals surface area contributed by atoms with Gasteiger partial charge < -0.3 is 60.2 Å². The van der Waals surface area contributed by atoms with Crippen LogP contribution in [0.25, 0.3) is 22.3 Å². The van der Waals surface area contributed by atoms with Crippen LogP contribution in [0.4, 0.5) is 11.6 Å². The number of halogens is 1. The number of imidazole rings is 2. The number of nitrogens with zero attached hydrogens (tertiary/aromatic N) is 8. The van der Waals surface area contributed by atoms with Crippen LogP contribution in [0, 0.1) is 17.8 Å². The Morgan fingerprint density at radius 1 is 0.582 bits per heavy atom. The fourth-order valence-electron chi connectivity index (χ4n) is 7.26. The maximum absolute atomic E-state index is 14.5. The summed E-state index contributed by atoms with van der Waals surface area (Å²) < 4.78 is 55.9. The van der Waals surface area contributed by atoms with Gasteiger partial charge in [0.2, 0.25) is 7.44 Å². The lowest BCUT2D eigenvalue weighted by Crippen LogP contribution is -2.54. The fourth-order valence-corrected chi connectivity index (χ4v) is 10.4. The highest BCUT2D eigenvalue weighted by atomic mass is 35.5. The van der Waals surface area contributed by atoms with Crippen molar-refractivity contribution >= 4 is 78.5 Å². The van der Waals surface area contributed by atoms with Crippen molar-refractivity contribution in [1.29, 1.82) is 0 Å². The van der Waals surface area contributed by atoms with E-state index in [0.717, 1.165) is 57.3 Å². The Kier molecular flexibility index (Phi) is 31.4. The maximum atomic E-state index is 14.5. The van der Waals surface area contributed by atoms with Crippen molar-refractivity contribution in [3.8, 4) is 0 Å². The number of carbonyl (C=O) groups is 3. The van der Waals surface area contributed by atoms with Crippen LogP contribution in [0.2, 0.25) is 0 Å². The van der Waals surface area contributed by atoms with Gasteiger partial charge in [0.15, 0.2) is 22.9 Å². The molecule has 0 aliphatic carbocycles. The van der Waals surface area contributed by atoms with E-state index >= 15 is 0 Å². The summed E-state index contributed by atoms with van der Waals surface area (Å²) in [6, 6.07) is 0. The number of fused-ring (bicyclic) bond motifs is 2. The summed E-state index contributed by atoms with van der Waals surface area (Å²) in [6.45, 7) is 27.9. The Hall–Kier alpha value is -4.42. The van der Waals surface area contributed by atoms with E-state index in [9.17, 15) is 23.5 Å². The highest BCUT2D eigenvalue weighted by Gasteiger charge is 2.43. The van der Waals surface area contributed by atoms with Crippen molar-refractivity contribution in [2.45, 2.75) is 196 Å². The lowest BCUT2D eigenvalue weighted by molar-refractivity contribution is -0.149. The summed E-state index contributed by atoms with van der Waals surface area (Å²) in [5, 5.41) is 5.92. The van der Waals surface area contributed by atoms with Gasteiger partial charge in [-0.3, -0.25) is 23.5 Å². The van der Waals surface area contributed by atoms with Gasteiger partial charge in [0.05, 0.1) is 57.8 Å². The molecule has 0 amide bonds. The SMILES string of the molecule is CC(C)CCCCOC(=O)C(C)(C)Cl.CC(C)CCCCOC(=O)C(C)(C)NP(=O)(CO[C@H](C)Cn1cnc2c(N)ncnc21)NC(C)(C)C(=O)OCCCCC(C)C.C[C@H](Cn1cnc2c(N)ncnc21)OCP(=O)(O)O.N. The molecule has 4 rings (SSSR count). The Balaban J connectivity index is 0.000000745. The molecule has 0 radical (unpaired) electrons. The van der Waals surface area contributed by atoms with Crippen molar-refractivity contribution in [2.24, 2.45) is 17.8 Å². The molecule has 0 spiro atoms. The van der Waals surface area contributed by atoms with Crippen molar-refractivity contribution in [1.82, 2.24) is 55.4 Å². The number of hydrogen-bond acceptors (Lipinski definition) is 19. The van der Waals surface area contributed by atoms with Gasteiger partial charge in [-0.1, -0.05) is 60.8 Å². The number of nitrogens with one attached hydrogen (secondary N) is 2. The minimum atomic E-state index is -4.16. The molecular weight excluding hydrogens is 1080 g/mol. The topological polar surface area (TPSA) is 370 Å². The van der Waals surface area contributed by atoms with Crippen LogP contribution in [-0.2, 0) is 60.3 Å². The standard InChI is InChI=1S/C31H56N7O6P.C11H21ClO2.C9H14N5O4P.H3N/c1-22(2)14-10-12-16-42-28(39)30(6,7)36-45(41,37-31(8,9)29(40)43-17-13-11-15-23(3)4)21-44-24(5)18-38-20-35-25-26(32)33-19-34-27(25)38;1-9(2)7-5-6-8-14-10(13)11(3,4)12;1-6(18-5-19(15,16)17)2-14-4-13-7-8(10)11-3-12-9(7)14;/h19-20,22-24H,10-18,21H2,1-9H3,(H2,32,33,34)(H2,36,37,41);9H,5-8H2,1-4H3;3-4,6H,2,5H2,1H3,(H2,10,11,12)(H2,15,16,17);1H3/t24-;;6-;/m1.1./s1. The zero-order chi connectivity index (χ0) is 59.1. The molecule has 4 aromatic heterocycles. The lowest BCUT2D eigenvalue weighted by Gasteiger charge is -2.35. The molecule has 4 heterocycles. The third-order valence-electron chi connectivity index (χ3n) is 11.5. The predicted octanol–water partition coefficient (Wildman–Crippen LogP) is 8.92. The van der Waals surface area contributed by atoms with Gasteiger partial charge >= 0.3 is 25.5 Å². The number of aromatic nitrogens is 8. The first kappa shape index (κ1) is 72.6. The normalized spacial score (nSPS) is 13.1. The monoisotopic (exact) mass is 1180 g/mol. The van der Waals surface area contributed by atoms with Crippen LogP contribution in [0.15, 0.2) is 25.3 Å². The number of rotatable bonds is 32. The van der Waals surface area contributed by atoms with E-state index in [2.05, 4.69) is 81.6 Å². The highest BCUT2D eigenvalue weighted by molar-refractivity contribution is 7.59. The quantitative estimate of drug-likeness (QED) is 0.00788. The number of esters is 3. The van der Waals surface area contributed by atoms with Gasteiger partial charge in [-0.25, -0.2) is 40.1 Å². The van der Waals surface area contributed by atoms with Crippen LogP contribution >= 0.6 is 26.6 Å². The number of ether oxygens (including phenoxy) is 5. The van der Waals surface area contributed by atoms with E-state index in [1.807, 2.05) is 6.92 Å². The smallest absolute Gasteiger partial charge is 0.350 e. The summed E-state index contributed by atoms with van der Waals surface area (Å²) in [5.41, 5.74) is 10.9. The number of carbonyl (C=O) groups excluding carboxylic acids is 3. The number of nitrogens with two attached hydrogens (primary N) is 2. The number of hydrogen-bond donors (Lipinski definition) is 7. The molecule has 452 valence electrons. The Morgan fingerprint density at radius 3 is 1.25 bits per heavy atom. The maximum Gasteiger partial charge on any atom is 0.350 e. The zero-order valence-corrected chi connectivity index (χ0v) is 51.7. The van der Waals surface area contributed by atoms with Crippen LogP contribution in [0.5, 0.6) is 0 Å². The van der Waals surface area contributed by atoms with Crippen molar-refractivity contribution in [3.05, 3.63) is 25.3 Å². The highest BCUT2D eigenvalue weighted by Crippen LogP contribution is 2.42. The molecule has 11 N–H and O–H groups in total. The number of unbranched alkanes of at least 4 members (excludes halogenated alkanes) is 3. The average molecular weight is 1180 g/mol. The van der Waals surface area contributed by atoms with Gasteiger partial charge in [0.1, 0.15) is 52.3 Å². The molecule has 0 bridgehead atoms. The average Bonchev–Trinajstić information content (AvgIpc) is 3.94. The Bertz CT molecular complexity index is 2500. The summed E-state index contributed by atoms with van der Waals surface area (Å²) in [6.07, 6.45) is 12.7. The molecule has 2 atom stereocenters. The van der Waals surface area contributed by atoms with E-state index < -0.39 is 61.5 Å². The van der Waals surface area contributed by atoms with E-state index in [-0.39, 0.29) is 43.3 Å². The second kappa shape index (κ2) is 34.1. The van der Waals surface area contributed by atoms with E-state index in [0.29, 0.717) is 53.9 Å². The molecule has 0 fully saturated rings. The summed E-state index contributed by atoms with van der Waals surface area (Å²) in [4.78, 5) is 78.4. The first-order chi connectivity index (χ1) is 36.2. The predicted molar refractivity (Wildman–Crippen MR) is 308 cm³/mol. The molecular formula is C51H94ClN13O12P2. The molecule has 25 nitrogen and oxygen atoms in total. The summed E-state index contributed by atoms with van der Waals surface area (Å²) in [5.74, 6) is 1.00. The first-order valence-corrected chi connectivity index (χ1v) is 30.7. The minimum Gasteiger partial charge on any atom is -0.464 e. The molecule has 0 aliphatic heterocycles. The molecule has 79 heavy (non-hydrogen) atoms. The van der Waals surface area contributed by atoms with E-state index in [4.69, 9.17) is 56.5 Å². The minimum absolute atomic E-state index is 0. The van der Waals surface area contributed by atoms with Crippen molar-refractivity contribution in [3.63, 3.8) is 0 Å². The van der Waals surface area contributed by atoms with Crippen LogP contribution < -0.4 is 27.8 Å². The van der Waals surface area contributed by atoms with Gasteiger partial charge in [0, 0.05) is 0 Å². The largest absolute Gasteiger partial charge is 0.464 e. The third-order valence-corrected chi connectivity index (χ3v) is 14.5. The van der Waals surface area contributed by atoms with Gasteiger partial charge in [0.25, 0.3) is 0 Å². The Morgan fingerprint density at radius 2 is 0.924 bits per heavy atom. The first-order valence-electron chi connectivity index (χ1n) is 26.6. The number of alkyl halides is 1. The van der Waals surface area contributed by atoms with Crippen LogP contribution in [0.3, 0.4) is 0 Å². The summed E-state index contributed by atoms with van der Waals surface area (Å²) >= 11 is 5.77. The number of nitrogen functional groups attached to an aromatic ring is 2. The molecule has 0 aromatic carbocycles. The second-order valence-electron chi connectivity index (χ2n) is 22.3. The molecule has 4 aromatic rings. The zero-order valence-electron chi connectivity index (χ0n) is 49.2. The van der Waals surface area contributed by atoms with E-state index in [1.165, 1.54) is 25.4 Å². The van der Waals surface area contributed by atoms with Gasteiger partial charge in [-0.15, -0.1) is 11.6 Å². The molecule has 28 heteroatoms. The number of anilines is 2. The molecule has 0 saturated carbocycles. The van der Waals surface area contributed by atoms with Crippen molar-refractivity contribution < 1.29 is 57.0 Å². The van der Waals surface area contributed by atoms with Crippen LogP contribution in [0.1, 0.15) is 155 Å². The third kappa shape index (κ3) is 28.2. The fraction of sp³-hybridized carbons (Fsp3) is 0.745. The second-order valence-corrected chi connectivity index (χ2v) is 27.0. The van der Waals surface area contributed by atoms with E-state index in [1.54, 1.807) is 63.9 Å². The van der Waals surface area contributed by atoms with Gasteiger partial charge in [-0.2, -0.15) is 0 Å². The molecule has 0 aliphatic rings. The van der Waals surface area contributed by atoms with Crippen LogP contribution in [-0.4, -0.2) is 127 Å². The lowest BCUT2D eigenvalue weighted by atomic mass is 10.1. The van der Waals surface area contributed by atoms with Gasteiger partial charge in [-0.05, 0) is 112 Å². The Labute approximate surface area is 472 Å². The molecule has 0 saturated heterocycles.